The molecule has 84 valence electrons. The van der Waals surface area contributed by atoms with Gasteiger partial charge < -0.3 is 9.64 Å². The van der Waals surface area contributed by atoms with Crippen LogP contribution in [-0.4, -0.2) is 34.1 Å². The summed E-state index contributed by atoms with van der Waals surface area (Å²) < 4.78 is 5.01. The predicted molar refractivity (Wildman–Crippen MR) is 54.8 cm³/mol. The van der Waals surface area contributed by atoms with Crippen molar-refractivity contribution in [2.75, 3.05) is 13.1 Å². The Bertz CT molecular complexity index is 415. The lowest BCUT2D eigenvalue weighted by Crippen LogP contribution is -2.37. The number of nitrogens with one attached hydrogen (secondary N) is 1. The lowest BCUT2D eigenvalue weighted by Gasteiger charge is -2.24. The molecular formula is C10H12N4O2. The highest BCUT2D eigenvalue weighted by Gasteiger charge is 2.19. The average Bonchev–Trinajstić information content (AvgIpc) is 2.78. The summed E-state index contributed by atoms with van der Waals surface area (Å²) in [7, 11) is 0. The van der Waals surface area contributed by atoms with Gasteiger partial charge in [0.05, 0.1) is 6.20 Å². The number of amides is 1. The largest absolute Gasteiger partial charge is 0.417 e. The molecule has 1 aromatic rings. The number of hydrogen-bond donors (Lipinski definition) is 1. The van der Waals surface area contributed by atoms with Gasteiger partial charge in [0.25, 0.3) is 0 Å². The number of aromatic amines is 1. The van der Waals surface area contributed by atoms with Gasteiger partial charge in [-0.05, 0) is 19.3 Å². The molecule has 0 atom stereocenters. The van der Waals surface area contributed by atoms with E-state index in [-0.39, 0.29) is 11.7 Å². The molecule has 2 rings (SSSR count). The van der Waals surface area contributed by atoms with E-state index in [9.17, 15) is 4.79 Å². The van der Waals surface area contributed by atoms with E-state index in [1.807, 2.05) is 6.07 Å². The topological polar surface area (TPSA) is 82.0 Å². The number of nitrogens with zero attached hydrogens (tertiary/aromatic N) is 3. The van der Waals surface area contributed by atoms with Crippen molar-refractivity contribution in [3.05, 3.63) is 11.9 Å². The third-order valence-electron chi connectivity index (χ3n) is 2.47. The molecule has 6 nitrogen and oxygen atoms in total. The molecule has 16 heavy (non-hydrogen) atoms. The number of hydrogen-bond acceptors (Lipinski definition) is 4. The number of imidazole rings is 1. The summed E-state index contributed by atoms with van der Waals surface area (Å²) >= 11 is 0. The second-order valence-electron chi connectivity index (χ2n) is 3.63. The summed E-state index contributed by atoms with van der Waals surface area (Å²) in [6, 6.07) is 1.95. The number of nitriles is 1. The zero-order valence-electron chi connectivity index (χ0n) is 8.77. The minimum atomic E-state index is -0.404. The number of H-pyrrole nitrogens is 1. The lowest BCUT2D eigenvalue weighted by molar-refractivity contribution is 0.139. The smallest absolute Gasteiger partial charge is 0.375 e. The molecule has 0 saturated carbocycles. The highest BCUT2D eigenvalue weighted by Crippen LogP contribution is 2.11. The van der Waals surface area contributed by atoms with Gasteiger partial charge in [-0.2, -0.15) is 5.26 Å². The summed E-state index contributed by atoms with van der Waals surface area (Å²) in [6.07, 6.45) is 4.11. The molecule has 1 N–H and O–H groups in total. The first-order valence-corrected chi connectivity index (χ1v) is 5.21. The van der Waals surface area contributed by atoms with Gasteiger partial charge in [-0.3, -0.25) is 4.98 Å². The average molecular weight is 220 g/mol. The highest BCUT2D eigenvalue weighted by atomic mass is 16.6. The van der Waals surface area contributed by atoms with Crippen molar-refractivity contribution >= 4 is 6.09 Å². The summed E-state index contributed by atoms with van der Waals surface area (Å²) in [5, 5.41) is 8.56. The van der Waals surface area contributed by atoms with E-state index in [2.05, 4.69) is 9.97 Å². The molecule has 0 spiro atoms. The number of piperidine rings is 1. The van der Waals surface area contributed by atoms with Crippen LogP contribution in [0.2, 0.25) is 0 Å². The monoisotopic (exact) mass is 220 g/mol. The van der Waals surface area contributed by atoms with E-state index in [0.717, 1.165) is 32.4 Å². The van der Waals surface area contributed by atoms with E-state index < -0.39 is 6.09 Å². The Labute approximate surface area is 92.8 Å². The van der Waals surface area contributed by atoms with Crippen molar-refractivity contribution in [2.24, 2.45) is 0 Å². The molecule has 6 heteroatoms. The molecule has 0 bridgehead atoms. The number of likely N-dealkylation sites (tertiary alicyclic amines) is 1. The van der Waals surface area contributed by atoms with Crippen LogP contribution in [0.4, 0.5) is 4.79 Å². The number of rotatable bonds is 1. The maximum absolute atomic E-state index is 11.6. The van der Waals surface area contributed by atoms with Crippen molar-refractivity contribution < 1.29 is 9.53 Å². The zero-order valence-corrected chi connectivity index (χ0v) is 8.77. The Kier molecular flexibility index (Phi) is 3.05. The molecule has 1 fully saturated rings. The van der Waals surface area contributed by atoms with Gasteiger partial charge in [-0.15, -0.1) is 0 Å². The molecular weight excluding hydrogens is 208 g/mol. The highest BCUT2D eigenvalue weighted by molar-refractivity contribution is 5.69. The fourth-order valence-electron chi connectivity index (χ4n) is 1.64. The maximum Gasteiger partial charge on any atom is 0.417 e. The van der Waals surface area contributed by atoms with Crippen LogP contribution in [0.25, 0.3) is 0 Å². The van der Waals surface area contributed by atoms with Gasteiger partial charge in [0.1, 0.15) is 11.8 Å². The van der Waals surface area contributed by atoms with Crippen molar-refractivity contribution in [3.63, 3.8) is 0 Å². The van der Waals surface area contributed by atoms with Gasteiger partial charge in [0.15, 0.2) is 0 Å². The maximum atomic E-state index is 11.6. The minimum Gasteiger partial charge on any atom is -0.375 e. The van der Waals surface area contributed by atoms with Gasteiger partial charge in [0, 0.05) is 13.1 Å². The quantitative estimate of drug-likeness (QED) is 0.772. The third-order valence-corrected chi connectivity index (χ3v) is 2.47. The van der Waals surface area contributed by atoms with E-state index in [1.165, 1.54) is 6.20 Å². The number of ether oxygens (including phenoxy) is 1. The van der Waals surface area contributed by atoms with Crippen LogP contribution in [0.1, 0.15) is 25.0 Å². The van der Waals surface area contributed by atoms with Crippen molar-refractivity contribution in [3.8, 4) is 12.1 Å². The van der Waals surface area contributed by atoms with Crippen LogP contribution >= 0.6 is 0 Å². The van der Waals surface area contributed by atoms with Crippen LogP contribution in [-0.2, 0) is 0 Å². The number of carbonyl (C=O) groups excluding carboxylic acids is 1. The van der Waals surface area contributed by atoms with Crippen LogP contribution in [0.3, 0.4) is 0 Å². The van der Waals surface area contributed by atoms with Crippen LogP contribution in [0.15, 0.2) is 6.20 Å². The standard InChI is InChI=1S/C10H12N4O2/c11-6-8-7-12-9(13-8)16-10(15)14-4-2-1-3-5-14/h7H,1-5H2,(H,12,13). The first kappa shape index (κ1) is 10.5. The summed E-state index contributed by atoms with van der Waals surface area (Å²) in [5.74, 6) is 0. The third kappa shape index (κ3) is 2.31. The summed E-state index contributed by atoms with van der Waals surface area (Å²) in [4.78, 5) is 19.6. The van der Waals surface area contributed by atoms with E-state index >= 15 is 0 Å². The van der Waals surface area contributed by atoms with Crippen molar-refractivity contribution in [1.82, 2.24) is 14.9 Å². The Balaban J connectivity index is 1.93. The summed E-state index contributed by atoms with van der Waals surface area (Å²) in [6.45, 7) is 1.45. The van der Waals surface area contributed by atoms with Crippen LogP contribution in [0.5, 0.6) is 6.01 Å². The van der Waals surface area contributed by atoms with E-state index in [1.54, 1.807) is 4.90 Å². The van der Waals surface area contributed by atoms with Crippen LogP contribution < -0.4 is 4.74 Å². The van der Waals surface area contributed by atoms with E-state index in [4.69, 9.17) is 10.00 Å². The first-order valence-electron chi connectivity index (χ1n) is 5.21. The first-order chi connectivity index (χ1) is 7.79. The van der Waals surface area contributed by atoms with Crippen LogP contribution in [0, 0.1) is 11.3 Å². The van der Waals surface area contributed by atoms with Gasteiger partial charge in [-0.25, -0.2) is 9.78 Å². The molecule has 1 amide bonds. The normalized spacial score (nSPS) is 15.6. The SMILES string of the molecule is N#Cc1cnc(OC(=O)N2CCCCC2)[nH]1. The molecule has 0 aromatic carbocycles. The molecule has 0 aliphatic carbocycles. The summed E-state index contributed by atoms with van der Waals surface area (Å²) in [5.41, 5.74) is 0.279. The minimum absolute atomic E-state index is 0.0760. The molecule has 0 radical (unpaired) electrons. The number of carbonyl (C=O) groups is 1. The van der Waals surface area contributed by atoms with Gasteiger partial charge in [-0.1, -0.05) is 0 Å². The molecule has 1 aliphatic heterocycles. The molecule has 1 aliphatic rings. The Morgan fingerprint density at radius 2 is 2.25 bits per heavy atom. The molecule has 1 saturated heterocycles. The van der Waals surface area contributed by atoms with Crippen molar-refractivity contribution in [1.29, 1.82) is 5.26 Å². The second kappa shape index (κ2) is 4.66. The Morgan fingerprint density at radius 3 is 2.88 bits per heavy atom. The molecule has 1 aromatic heterocycles. The van der Waals surface area contributed by atoms with E-state index in [0.29, 0.717) is 0 Å². The lowest BCUT2D eigenvalue weighted by atomic mass is 10.1. The zero-order chi connectivity index (χ0) is 11.4. The molecule has 0 unspecified atom stereocenters. The second-order valence-corrected chi connectivity index (χ2v) is 3.63. The fraction of sp³-hybridized carbons (Fsp3) is 0.500. The molecule has 2 heterocycles. The predicted octanol–water partition coefficient (Wildman–Crippen LogP) is 1.27. The van der Waals surface area contributed by atoms with Gasteiger partial charge in [0.2, 0.25) is 0 Å². The number of aromatic nitrogens is 2. The van der Waals surface area contributed by atoms with Crippen molar-refractivity contribution in [2.45, 2.75) is 19.3 Å². The fourth-order valence-corrected chi connectivity index (χ4v) is 1.64. The van der Waals surface area contributed by atoms with Gasteiger partial charge >= 0.3 is 12.1 Å². The Morgan fingerprint density at radius 1 is 1.50 bits per heavy atom. The Hall–Kier alpha value is -2.03.